The van der Waals surface area contributed by atoms with Crippen molar-refractivity contribution in [2.45, 2.75) is 26.8 Å². The van der Waals surface area contributed by atoms with Crippen LogP contribution in [0.3, 0.4) is 0 Å². The zero-order valence-electron chi connectivity index (χ0n) is 18.9. The molecule has 0 fully saturated rings. The Morgan fingerprint density at radius 3 is 2.55 bits per heavy atom. The molecule has 1 aliphatic heterocycles. The summed E-state index contributed by atoms with van der Waals surface area (Å²) in [5.41, 5.74) is 1.52. The van der Waals surface area contributed by atoms with E-state index in [0.29, 0.717) is 34.4 Å². The van der Waals surface area contributed by atoms with Crippen LogP contribution in [-0.4, -0.2) is 57.8 Å². The monoisotopic (exact) mass is 465 g/mol. The van der Waals surface area contributed by atoms with Crippen molar-refractivity contribution < 1.29 is 19.1 Å². The molecule has 1 aromatic carbocycles. The van der Waals surface area contributed by atoms with Crippen molar-refractivity contribution >= 4 is 23.0 Å². The molecule has 1 aliphatic rings. The number of rotatable bonds is 9. The Morgan fingerprint density at radius 2 is 1.91 bits per heavy atom. The quantitative estimate of drug-likeness (QED) is 0.464. The Labute approximate surface area is 197 Å². The van der Waals surface area contributed by atoms with Crippen molar-refractivity contribution in [1.82, 2.24) is 14.8 Å². The molecule has 8 heteroatoms. The predicted molar refractivity (Wildman–Crippen MR) is 127 cm³/mol. The number of aryl methyl sites for hydroxylation is 1. The summed E-state index contributed by atoms with van der Waals surface area (Å²) in [6, 6.07) is 12.3. The third kappa shape index (κ3) is 4.36. The van der Waals surface area contributed by atoms with Gasteiger partial charge in [-0.1, -0.05) is 44.2 Å². The lowest BCUT2D eigenvalue weighted by atomic mass is 9.99. The number of hydrogen-bond acceptors (Lipinski definition) is 7. The molecule has 1 N–H and O–H groups in total. The molecule has 1 unspecified atom stereocenters. The number of Topliss-reactive ketones (excluding diaryl/α,β-unsaturated/α-hetero) is 1. The second-order valence-corrected chi connectivity index (χ2v) is 8.83. The summed E-state index contributed by atoms with van der Waals surface area (Å²) in [7, 11) is 0. The van der Waals surface area contributed by atoms with Crippen molar-refractivity contribution in [3.05, 3.63) is 76.4 Å². The minimum Gasteiger partial charge on any atom is -0.503 e. The average Bonchev–Trinajstić information content (AvgIpc) is 3.55. The number of ketones is 1. The van der Waals surface area contributed by atoms with Crippen molar-refractivity contribution in [1.29, 1.82) is 0 Å². The predicted octanol–water partition coefficient (Wildman–Crippen LogP) is 4.63. The molecule has 0 saturated heterocycles. The number of benzene rings is 1. The van der Waals surface area contributed by atoms with Gasteiger partial charge in [0.25, 0.3) is 5.91 Å². The largest absolute Gasteiger partial charge is 0.503 e. The fourth-order valence-electron chi connectivity index (χ4n) is 4.08. The molecule has 1 atom stereocenters. The zero-order valence-corrected chi connectivity index (χ0v) is 19.8. The fraction of sp³-hybridized carbons (Fsp3) is 0.320. The highest BCUT2D eigenvalue weighted by molar-refractivity contribution is 7.17. The molecule has 33 heavy (non-hydrogen) atoms. The Morgan fingerprint density at radius 1 is 1.18 bits per heavy atom. The average molecular weight is 466 g/mol. The number of aliphatic hydroxyl groups is 1. The van der Waals surface area contributed by atoms with E-state index in [9.17, 15) is 14.7 Å². The summed E-state index contributed by atoms with van der Waals surface area (Å²) in [5.74, 6) is -1.03. The van der Waals surface area contributed by atoms with Gasteiger partial charge in [0.2, 0.25) is 5.78 Å². The Hall–Kier alpha value is -3.23. The van der Waals surface area contributed by atoms with Gasteiger partial charge >= 0.3 is 0 Å². The number of aromatic nitrogens is 1. The molecular formula is C25H27N3O4S. The van der Waals surface area contributed by atoms with Crippen LogP contribution in [0.1, 0.15) is 41.0 Å². The lowest BCUT2D eigenvalue weighted by Crippen LogP contribution is -2.38. The second kappa shape index (κ2) is 9.72. The Bertz CT molecular complexity index is 1160. The van der Waals surface area contributed by atoms with Crippen LogP contribution in [0.25, 0.3) is 10.6 Å². The molecule has 1 amide bonds. The summed E-state index contributed by atoms with van der Waals surface area (Å²) in [4.78, 5) is 35.4. The summed E-state index contributed by atoms with van der Waals surface area (Å²) in [6.07, 6.45) is 1.51. The first-order valence-electron chi connectivity index (χ1n) is 11.0. The molecule has 0 saturated carbocycles. The molecule has 3 heterocycles. The molecule has 7 nitrogen and oxygen atoms in total. The minimum absolute atomic E-state index is 0.0425. The molecule has 0 aliphatic carbocycles. The topological polar surface area (TPSA) is 86.9 Å². The van der Waals surface area contributed by atoms with Crippen molar-refractivity contribution in [3.63, 3.8) is 0 Å². The minimum atomic E-state index is -0.780. The van der Waals surface area contributed by atoms with E-state index in [-0.39, 0.29) is 5.57 Å². The molecule has 0 radical (unpaired) electrons. The number of hydrogen-bond donors (Lipinski definition) is 1. The van der Waals surface area contributed by atoms with Gasteiger partial charge in [0.1, 0.15) is 16.8 Å². The number of amides is 1. The van der Waals surface area contributed by atoms with E-state index in [4.69, 9.17) is 4.42 Å². The van der Waals surface area contributed by atoms with Crippen molar-refractivity contribution in [2.75, 3.05) is 26.2 Å². The highest BCUT2D eigenvalue weighted by Gasteiger charge is 2.45. The molecular weight excluding hydrogens is 438 g/mol. The van der Waals surface area contributed by atoms with Crippen molar-refractivity contribution in [3.8, 4) is 10.6 Å². The van der Waals surface area contributed by atoms with Crippen LogP contribution in [0.15, 0.2) is 64.5 Å². The Balaban J connectivity index is 1.70. The van der Waals surface area contributed by atoms with Crippen LogP contribution in [0, 0.1) is 6.92 Å². The molecule has 172 valence electrons. The highest BCUT2D eigenvalue weighted by atomic mass is 32.1. The van der Waals surface area contributed by atoms with Crippen molar-refractivity contribution in [2.24, 2.45) is 0 Å². The maximum atomic E-state index is 13.7. The number of furan rings is 1. The molecule has 0 bridgehead atoms. The normalized spacial score (nSPS) is 16.3. The third-order valence-corrected chi connectivity index (χ3v) is 7.14. The van der Waals surface area contributed by atoms with Gasteiger partial charge in [-0.15, -0.1) is 11.3 Å². The number of thiazole rings is 1. The lowest BCUT2D eigenvalue weighted by molar-refractivity contribution is -0.129. The van der Waals surface area contributed by atoms with Gasteiger partial charge in [-0.2, -0.15) is 0 Å². The smallest absolute Gasteiger partial charge is 0.290 e. The summed E-state index contributed by atoms with van der Waals surface area (Å²) in [6.45, 7) is 8.56. The number of carbonyl (C=O) groups excluding carboxylic acids is 2. The van der Waals surface area contributed by atoms with Gasteiger partial charge in [-0.25, -0.2) is 4.98 Å². The first-order chi connectivity index (χ1) is 16.0. The first-order valence-corrected chi connectivity index (χ1v) is 11.8. The maximum Gasteiger partial charge on any atom is 0.290 e. The standard InChI is InChI=1S/C25H27N3O4S/c1-4-27(5-2)13-14-28-20(18-12-9-15-32-18)19(22(30)25(28)31)21(29)23-16(3)26-24(33-23)17-10-7-6-8-11-17/h6-12,15,20,30H,4-5,13-14H2,1-3H3. The third-order valence-electron chi connectivity index (χ3n) is 5.94. The molecule has 4 rings (SSSR count). The van der Waals surface area contributed by atoms with Gasteiger partial charge in [0, 0.05) is 18.7 Å². The molecule has 2 aromatic heterocycles. The fourth-order valence-corrected chi connectivity index (χ4v) is 5.11. The van der Waals surface area contributed by atoms with Crippen LogP contribution in [0.2, 0.25) is 0 Å². The van der Waals surface area contributed by atoms with E-state index in [1.165, 1.54) is 22.5 Å². The van der Waals surface area contributed by atoms with Gasteiger partial charge in [-0.05, 0) is 32.1 Å². The summed E-state index contributed by atoms with van der Waals surface area (Å²) < 4.78 is 5.61. The van der Waals surface area contributed by atoms with E-state index >= 15 is 0 Å². The van der Waals surface area contributed by atoms with Gasteiger partial charge in [0.15, 0.2) is 5.76 Å². The van der Waals surface area contributed by atoms with Crippen LogP contribution in [-0.2, 0) is 4.79 Å². The van der Waals surface area contributed by atoms with Crippen LogP contribution in [0.4, 0.5) is 0 Å². The second-order valence-electron chi connectivity index (χ2n) is 7.83. The van der Waals surface area contributed by atoms with E-state index in [2.05, 4.69) is 23.7 Å². The zero-order chi connectivity index (χ0) is 23.5. The number of nitrogens with zero attached hydrogens (tertiary/aromatic N) is 3. The maximum absolute atomic E-state index is 13.7. The van der Waals surface area contributed by atoms with E-state index in [1.54, 1.807) is 19.1 Å². The van der Waals surface area contributed by atoms with Gasteiger partial charge < -0.3 is 19.3 Å². The number of carbonyl (C=O) groups is 2. The summed E-state index contributed by atoms with van der Waals surface area (Å²) in [5, 5.41) is 11.5. The highest BCUT2D eigenvalue weighted by Crippen LogP contribution is 2.41. The van der Waals surface area contributed by atoms with Crippen LogP contribution < -0.4 is 0 Å². The SMILES string of the molecule is CCN(CC)CCN1C(=O)C(O)=C(C(=O)c2sc(-c3ccccc3)nc2C)C1c1ccco1. The number of likely N-dealkylation sites (N-methyl/N-ethyl adjacent to an activating group) is 1. The van der Waals surface area contributed by atoms with E-state index in [0.717, 1.165) is 18.7 Å². The van der Waals surface area contributed by atoms with Gasteiger partial charge in [0.05, 0.1) is 22.4 Å². The lowest BCUT2D eigenvalue weighted by Gasteiger charge is -2.27. The van der Waals surface area contributed by atoms with E-state index < -0.39 is 23.5 Å². The van der Waals surface area contributed by atoms with Crippen LogP contribution in [0.5, 0.6) is 0 Å². The summed E-state index contributed by atoms with van der Waals surface area (Å²) >= 11 is 1.26. The first kappa shape index (κ1) is 22.9. The molecule has 0 spiro atoms. The molecule has 3 aromatic rings. The van der Waals surface area contributed by atoms with E-state index in [1.807, 2.05) is 30.3 Å². The van der Waals surface area contributed by atoms with Crippen LogP contribution >= 0.6 is 11.3 Å². The Kier molecular flexibility index (Phi) is 6.76. The van der Waals surface area contributed by atoms with Gasteiger partial charge in [-0.3, -0.25) is 9.59 Å². The number of aliphatic hydroxyl groups excluding tert-OH is 1.